The Morgan fingerprint density at radius 2 is 2.32 bits per heavy atom. The largest absolute Gasteiger partial charge is 0.384 e. The summed E-state index contributed by atoms with van der Waals surface area (Å²) in [5.41, 5.74) is 1.01. The molecule has 0 spiro atoms. The molecular weight excluding hydrogens is 266 g/mol. The first kappa shape index (κ1) is 13.8. The fraction of sp³-hybridized carbons (Fsp3) is 0.500. The summed E-state index contributed by atoms with van der Waals surface area (Å²) in [6.07, 6.45) is 2.95. The van der Waals surface area contributed by atoms with E-state index >= 15 is 0 Å². The highest BCUT2D eigenvalue weighted by Crippen LogP contribution is 2.20. The number of amides is 1. The summed E-state index contributed by atoms with van der Waals surface area (Å²) in [4.78, 5) is 15.4. The number of hydrogen-bond donors (Lipinski definition) is 2. The Hall–Kier alpha value is -1.63. The first-order valence-electron chi connectivity index (χ1n) is 6.16. The number of anilines is 1. The summed E-state index contributed by atoms with van der Waals surface area (Å²) >= 11 is 0. The van der Waals surface area contributed by atoms with Crippen LogP contribution in [-0.4, -0.2) is 43.9 Å². The summed E-state index contributed by atoms with van der Waals surface area (Å²) < 4.78 is 23.4. The van der Waals surface area contributed by atoms with Gasteiger partial charge >= 0.3 is 0 Å². The van der Waals surface area contributed by atoms with Crippen molar-refractivity contribution in [2.24, 2.45) is 0 Å². The molecule has 1 aromatic heterocycles. The van der Waals surface area contributed by atoms with Crippen molar-refractivity contribution >= 4 is 21.4 Å². The fourth-order valence-corrected chi connectivity index (χ4v) is 3.88. The van der Waals surface area contributed by atoms with Gasteiger partial charge < -0.3 is 10.6 Å². The lowest BCUT2D eigenvalue weighted by molar-refractivity contribution is 0.0958. The van der Waals surface area contributed by atoms with Gasteiger partial charge in [0, 0.05) is 25.5 Å². The molecule has 19 heavy (non-hydrogen) atoms. The predicted octanol–water partition coefficient (Wildman–Crippen LogP) is 0.430. The molecule has 1 aliphatic heterocycles. The average molecular weight is 283 g/mol. The van der Waals surface area contributed by atoms with Gasteiger partial charge in [-0.05, 0) is 25.0 Å². The molecule has 1 fully saturated rings. The van der Waals surface area contributed by atoms with Gasteiger partial charge in [-0.25, -0.2) is 8.42 Å². The summed E-state index contributed by atoms with van der Waals surface area (Å²) in [5, 5.41) is 5.23. The summed E-state index contributed by atoms with van der Waals surface area (Å²) in [5.74, 6) is 0.0104. The number of nitrogens with one attached hydrogen (secondary N) is 2. The molecule has 0 radical (unpaired) electrons. The van der Waals surface area contributed by atoms with Crippen molar-refractivity contribution in [2.45, 2.75) is 18.1 Å². The Morgan fingerprint density at radius 1 is 1.53 bits per heavy atom. The first-order valence-corrected chi connectivity index (χ1v) is 7.88. The Labute approximate surface area is 112 Å². The maximum absolute atomic E-state index is 11.7. The van der Waals surface area contributed by atoms with Crippen molar-refractivity contribution in [1.82, 2.24) is 10.3 Å². The Kier molecular flexibility index (Phi) is 4.04. The van der Waals surface area contributed by atoms with Gasteiger partial charge in [-0.3, -0.25) is 9.78 Å². The van der Waals surface area contributed by atoms with Gasteiger partial charge in [0.1, 0.15) is 5.69 Å². The predicted molar refractivity (Wildman–Crippen MR) is 72.9 cm³/mol. The molecule has 0 saturated carbocycles. The molecule has 2 N–H and O–H groups in total. The SMILES string of the molecule is CNC(=O)c1cc(NCC2CCCS2(=O)=O)ccn1. The molecule has 0 aromatic carbocycles. The fourth-order valence-electron chi connectivity index (χ4n) is 2.11. The molecular formula is C12H17N3O3S. The lowest BCUT2D eigenvalue weighted by Gasteiger charge is -2.12. The zero-order chi connectivity index (χ0) is 13.9. The van der Waals surface area contributed by atoms with Crippen LogP contribution in [0.2, 0.25) is 0 Å². The summed E-state index contributed by atoms with van der Waals surface area (Å²) in [7, 11) is -1.41. The van der Waals surface area contributed by atoms with Crippen molar-refractivity contribution in [1.29, 1.82) is 0 Å². The van der Waals surface area contributed by atoms with Gasteiger partial charge in [-0.1, -0.05) is 0 Å². The van der Waals surface area contributed by atoms with Crippen LogP contribution in [0, 0.1) is 0 Å². The van der Waals surface area contributed by atoms with E-state index in [4.69, 9.17) is 0 Å². The molecule has 1 saturated heterocycles. The molecule has 1 unspecified atom stereocenters. The van der Waals surface area contributed by atoms with Crippen LogP contribution < -0.4 is 10.6 Å². The molecule has 0 bridgehead atoms. The molecule has 2 heterocycles. The van der Waals surface area contributed by atoms with Gasteiger partial charge in [0.15, 0.2) is 9.84 Å². The zero-order valence-electron chi connectivity index (χ0n) is 10.7. The zero-order valence-corrected chi connectivity index (χ0v) is 11.5. The number of carbonyl (C=O) groups is 1. The highest BCUT2D eigenvalue weighted by Gasteiger charge is 2.30. The monoisotopic (exact) mass is 283 g/mol. The van der Waals surface area contributed by atoms with Crippen LogP contribution in [0.3, 0.4) is 0 Å². The van der Waals surface area contributed by atoms with Crippen LogP contribution in [0.5, 0.6) is 0 Å². The van der Waals surface area contributed by atoms with Crippen molar-refractivity contribution in [2.75, 3.05) is 24.7 Å². The van der Waals surface area contributed by atoms with Crippen LogP contribution >= 0.6 is 0 Å². The van der Waals surface area contributed by atoms with Gasteiger partial charge in [0.2, 0.25) is 0 Å². The van der Waals surface area contributed by atoms with Crippen LogP contribution in [0.4, 0.5) is 5.69 Å². The van der Waals surface area contributed by atoms with Crippen LogP contribution in [0.1, 0.15) is 23.3 Å². The minimum atomic E-state index is -2.95. The van der Waals surface area contributed by atoms with E-state index in [0.29, 0.717) is 24.3 Å². The van der Waals surface area contributed by atoms with E-state index in [0.717, 1.165) is 6.42 Å². The molecule has 2 rings (SSSR count). The van der Waals surface area contributed by atoms with Crippen LogP contribution in [-0.2, 0) is 9.84 Å². The normalized spacial score (nSPS) is 21.0. The summed E-state index contributed by atoms with van der Waals surface area (Å²) in [6.45, 7) is 0.375. The number of rotatable bonds is 4. The maximum atomic E-state index is 11.7. The van der Waals surface area contributed by atoms with E-state index in [9.17, 15) is 13.2 Å². The van der Waals surface area contributed by atoms with Crippen LogP contribution in [0.25, 0.3) is 0 Å². The first-order chi connectivity index (χ1) is 9.03. The standard InChI is InChI=1S/C12H17N3O3S/c1-13-12(16)11-7-9(4-5-14-11)15-8-10-3-2-6-19(10,17)18/h4-5,7,10H,2-3,6,8H2,1H3,(H,13,16)(H,14,15). The highest BCUT2D eigenvalue weighted by molar-refractivity contribution is 7.92. The quantitative estimate of drug-likeness (QED) is 0.836. The lowest BCUT2D eigenvalue weighted by atomic mass is 10.2. The van der Waals surface area contributed by atoms with Gasteiger partial charge in [0.05, 0.1) is 11.0 Å². The number of pyridine rings is 1. The molecule has 1 atom stereocenters. The highest BCUT2D eigenvalue weighted by atomic mass is 32.2. The van der Waals surface area contributed by atoms with Gasteiger partial charge in [-0.15, -0.1) is 0 Å². The molecule has 0 aliphatic carbocycles. The number of hydrogen-bond acceptors (Lipinski definition) is 5. The second kappa shape index (κ2) is 5.56. The number of nitrogens with zero attached hydrogens (tertiary/aromatic N) is 1. The van der Waals surface area contributed by atoms with Crippen molar-refractivity contribution in [3.05, 3.63) is 24.0 Å². The molecule has 1 aliphatic rings. The van der Waals surface area contributed by atoms with Crippen LogP contribution in [0.15, 0.2) is 18.3 Å². The van der Waals surface area contributed by atoms with E-state index in [2.05, 4.69) is 15.6 Å². The maximum Gasteiger partial charge on any atom is 0.269 e. The molecule has 1 amide bonds. The van der Waals surface area contributed by atoms with Crippen molar-refractivity contribution < 1.29 is 13.2 Å². The Bertz CT molecular complexity index is 571. The third kappa shape index (κ3) is 3.23. The van der Waals surface area contributed by atoms with Gasteiger partial charge in [0.25, 0.3) is 5.91 Å². The lowest BCUT2D eigenvalue weighted by Crippen LogP contribution is -2.25. The van der Waals surface area contributed by atoms with E-state index in [1.807, 2.05) is 0 Å². The van der Waals surface area contributed by atoms with E-state index < -0.39 is 9.84 Å². The minimum Gasteiger partial charge on any atom is -0.384 e. The molecule has 104 valence electrons. The molecule has 1 aromatic rings. The molecule has 6 nitrogen and oxygen atoms in total. The van der Waals surface area contributed by atoms with Crippen molar-refractivity contribution in [3.8, 4) is 0 Å². The second-order valence-electron chi connectivity index (χ2n) is 4.52. The van der Waals surface area contributed by atoms with E-state index in [1.165, 1.54) is 13.2 Å². The third-order valence-electron chi connectivity index (χ3n) is 3.22. The Balaban J connectivity index is 2.02. The summed E-state index contributed by atoms with van der Waals surface area (Å²) in [6, 6.07) is 3.33. The minimum absolute atomic E-state index is 0.267. The van der Waals surface area contributed by atoms with Gasteiger partial charge in [-0.2, -0.15) is 0 Å². The number of sulfone groups is 1. The average Bonchev–Trinajstić information content (AvgIpc) is 2.74. The van der Waals surface area contributed by atoms with Crippen molar-refractivity contribution in [3.63, 3.8) is 0 Å². The third-order valence-corrected chi connectivity index (χ3v) is 5.49. The Morgan fingerprint density at radius 3 is 2.95 bits per heavy atom. The number of aromatic nitrogens is 1. The molecule has 7 heteroatoms. The number of carbonyl (C=O) groups excluding carboxylic acids is 1. The topological polar surface area (TPSA) is 88.2 Å². The second-order valence-corrected chi connectivity index (χ2v) is 6.92. The van der Waals surface area contributed by atoms with E-state index in [1.54, 1.807) is 12.1 Å². The smallest absolute Gasteiger partial charge is 0.269 e. The van der Waals surface area contributed by atoms with E-state index in [-0.39, 0.29) is 16.9 Å².